The Kier molecular flexibility index (Phi) is 6.12. The van der Waals surface area contributed by atoms with Crippen molar-refractivity contribution in [1.82, 2.24) is 4.31 Å². The predicted molar refractivity (Wildman–Crippen MR) is 101 cm³/mol. The smallest absolute Gasteiger partial charge is 0.369 e. The van der Waals surface area contributed by atoms with E-state index >= 15 is 0 Å². The van der Waals surface area contributed by atoms with E-state index in [1.54, 1.807) is 4.90 Å². The summed E-state index contributed by atoms with van der Waals surface area (Å²) >= 11 is 0. The zero-order chi connectivity index (χ0) is 23.9. The summed E-state index contributed by atoms with van der Waals surface area (Å²) < 4.78 is 105. The van der Waals surface area contributed by atoms with Crippen LogP contribution in [0.4, 0.5) is 37.7 Å². The number of piperazine rings is 1. The minimum Gasteiger partial charge on any atom is -0.369 e. The molecule has 0 radical (unpaired) electrons. The first-order chi connectivity index (χ1) is 14.7. The molecule has 2 aromatic rings. The van der Waals surface area contributed by atoms with Gasteiger partial charge in [0.15, 0.2) is 0 Å². The second kappa shape index (κ2) is 8.24. The molecule has 1 aliphatic rings. The lowest BCUT2D eigenvalue weighted by Gasteiger charge is -2.35. The second-order valence-corrected chi connectivity index (χ2v) is 8.84. The number of rotatable bonds is 4. The Balaban J connectivity index is 1.84. The number of alkyl halides is 6. The number of halogens is 6. The summed E-state index contributed by atoms with van der Waals surface area (Å²) in [5.74, 6) is 0. The van der Waals surface area contributed by atoms with E-state index in [0.717, 1.165) is 4.31 Å². The highest BCUT2D eigenvalue weighted by molar-refractivity contribution is 7.89. The standard InChI is InChI=1S/C18H15F6N3O4S/c19-17(20,21)12-9-13(18(22,23)24)11-16(10-12)32(30,31)26-7-5-25(6-8-26)14-1-3-15(4-2-14)27(28)29/h1-4,9-11H,5-8H2. The fraction of sp³-hybridized carbons (Fsp3) is 0.333. The number of anilines is 1. The molecule has 1 heterocycles. The molecule has 7 nitrogen and oxygen atoms in total. The van der Waals surface area contributed by atoms with Crippen LogP contribution in [-0.4, -0.2) is 43.8 Å². The largest absolute Gasteiger partial charge is 0.416 e. The van der Waals surface area contributed by atoms with Crippen molar-refractivity contribution >= 4 is 21.4 Å². The van der Waals surface area contributed by atoms with E-state index in [0.29, 0.717) is 5.69 Å². The van der Waals surface area contributed by atoms with E-state index in [9.17, 15) is 44.9 Å². The van der Waals surface area contributed by atoms with E-state index < -0.39 is 43.3 Å². The number of hydrogen-bond donors (Lipinski definition) is 0. The van der Waals surface area contributed by atoms with E-state index in [2.05, 4.69) is 0 Å². The van der Waals surface area contributed by atoms with Crippen LogP contribution in [0.2, 0.25) is 0 Å². The van der Waals surface area contributed by atoms with Crippen molar-refractivity contribution in [2.24, 2.45) is 0 Å². The molecule has 0 unspecified atom stereocenters. The molecule has 0 bridgehead atoms. The number of benzene rings is 2. The molecular weight excluding hydrogens is 468 g/mol. The zero-order valence-corrected chi connectivity index (χ0v) is 16.8. The average molecular weight is 483 g/mol. The normalized spacial score (nSPS) is 16.2. The molecule has 174 valence electrons. The fourth-order valence-electron chi connectivity index (χ4n) is 3.20. The molecule has 1 aliphatic heterocycles. The highest BCUT2D eigenvalue weighted by atomic mass is 32.2. The van der Waals surface area contributed by atoms with Crippen LogP contribution in [0.15, 0.2) is 47.4 Å². The van der Waals surface area contributed by atoms with Crippen molar-refractivity contribution in [3.8, 4) is 0 Å². The van der Waals surface area contributed by atoms with Crippen LogP contribution < -0.4 is 4.90 Å². The summed E-state index contributed by atoms with van der Waals surface area (Å²) in [5.41, 5.74) is -3.00. The Morgan fingerprint density at radius 3 is 1.69 bits per heavy atom. The van der Waals surface area contributed by atoms with Gasteiger partial charge in [0.05, 0.1) is 20.9 Å². The van der Waals surface area contributed by atoms with Crippen molar-refractivity contribution < 1.29 is 39.7 Å². The number of non-ortho nitro benzene ring substituents is 1. The van der Waals surface area contributed by atoms with Gasteiger partial charge in [-0.05, 0) is 30.3 Å². The van der Waals surface area contributed by atoms with Gasteiger partial charge in [0.2, 0.25) is 10.0 Å². The zero-order valence-electron chi connectivity index (χ0n) is 16.0. The SMILES string of the molecule is O=[N+]([O-])c1ccc(N2CCN(S(=O)(=O)c3cc(C(F)(F)F)cc(C(F)(F)F)c3)CC2)cc1. The third-order valence-corrected chi connectivity index (χ3v) is 6.74. The third kappa shape index (κ3) is 4.96. The van der Waals surface area contributed by atoms with Crippen LogP contribution >= 0.6 is 0 Å². The van der Waals surface area contributed by atoms with E-state index in [-0.39, 0.29) is 50.1 Å². The Hall–Kier alpha value is -2.87. The highest BCUT2D eigenvalue weighted by Crippen LogP contribution is 2.38. The van der Waals surface area contributed by atoms with Gasteiger partial charge < -0.3 is 4.90 Å². The summed E-state index contributed by atoms with van der Waals surface area (Å²) in [5, 5.41) is 10.7. The van der Waals surface area contributed by atoms with Gasteiger partial charge in [0.1, 0.15) is 0 Å². The summed E-state index contributed by atoms with van der Waals surface area (Å²) in [6.45, 7) is -0.224. The lowest BCUT2D eigenvalue weighted by Crippen LogP contribution is -2.48. The maximum atomic E-state index is 13.1. The lowest BCUT2D eigenvalue weighted by atomic mass is 10.1. The van der Waals surface area contributed by atoms with Gasteiger partial charge >= 0.3 is 12.4 Å². The molecule has 0 aromatic heterocycles. The molecule has 0 saturated carbocycles. The first kappa shape index (κ1) is 23.8. The molecule has 0 aliphatic carbocycles. The van der Waals surface area contributed by atoms with Gasteiger partial charge in [-0.1, -0.05) is 0 Å². The molecule has 1 fully saturated rings. The topological polar surface area (TPSA) is 83.8 Å². The molecule has 14 heteroatoms. The minimum atomic E-state index is -5.17. The van der Waals surface area contributed by atoms with Gasteiger partial charge in [-0.15, -0.1) is 0 Å². The molecule has 32 heavy (non-hydrogen) atoms. The van der Waals surface area contributed by atoms with Crippen molar-refractivity contribution in [2.45, 2.75) is 17.2 Å². The second-order valence-electron chi connectivity index (χ2n) is 6.91. The Labute approximate surface area is 178 Å². The van der Waals surface area contributed by atoms with Crippen LogP contribution in [0, 0.1) is 10.1 Å². The lowest BCUT2D eigenvalue weighted by molar-refractivity contribution is -0.384. The van der Waals surface area contributed by atoms with Gasteiger partial charge in [0.25, 0.3) is 5.69 Å². The monoisotopic (exact) mass is 483 g/mol. The molecule has 0 atom stereocenters. The number of nitrogens with zero attached hydrogens (tertiary/aromatic N) is 3. The van der Waals surface area contributed by atoms with Crippen LogP contribution in [0.3, 0.4) is 0 Å². The number of sulfonamides is 1. The fourth-order valence-corrected chi connectivity index (χ4v) is 4.69. The third-order valence-electron chi connectivity index (χ3n) is 4.86. The van der Waals surface area contributed by atoms with E-state index in [1.807, 2.05) is 0 Å². The van der Waals surface area contributed by atoms with Gasteiger partial charge in [-0.2, -0.15) is 30.6 Å². The van der Waals surface area contributed by atoms with Crippen LogP contribution in [0.5, 0.6) is 0 Å². The molecule has 3 rings (SSSR count). The highest BCUT2D eigenvalue weighted by Gasteiger charge is 2.39. The summed E-state index contributed by atoms with van der Waals surface area (Å²) in [4.78, 5) is 10.7. The van der Waals surface area contributed by atoms with Crippen molar-refractivity contribution in [2.75, 3.05) is 31.1 Å². The van der Waals surface area contributed by atoms with Crippen LogP contribution in [0.1, 0.15) is 11.1 Å². The first-order valence-corrected chi connectivity index (χ1v) is 10.4. The van der Waals surface area contributed by atoms with Crippen molar-refractivity contribution in [3.05, 3.63) is 63.7 Å². The molecule has 1 saturated heterocycles. The Morgan fingerprint density at radius 1 is 0.812 bits per heavy atom. The molecule has 0 N–H and O–H groups in total. The number of nitro benzene ring substituents is 1. The molecule has 0 spiro atoms. The maximum Gasteiger partial charge on any atom is 0.416 e. The Bertz CT molecular complexity index is 1080. The number of hydrogen-bond acceptors (Lipinski definition) is 5. The summed E-state index contributed by atoms with van der Waals surface area (Å²) in [6.07, 6.45) is -10.3. The summed E-state index contributed by atoms with van der Waals surface area (Å²) in [6, 6.07) is 5.70. The molecule has 0 amide bonds. The van der Waals surface area contributed by atoms with Crippen LogP contribution in [0.25, 0.3) is 0 Å². The predicted octanol–water partition coefficient (Wildman–Crippen LogP) is 4.14. The van der Waals surface area contributed by atoms with E-state index in [4.69, 9.17) is 0 Å². The van der Waals surface area contributed by atoms with Gasteiger partial charge in [0, 0.05) is 44.0 Å². The van der Waals surface area contributed by atoms with Crippen LogP contribution in [-0.2, 0) is 22.4 Å². The van der Waals surface area contributed by atoms with Gasteiger partial charge in [-0.3, -0.25) is 10.1 Å². The minimum absolute atomic E-state index is 0.0854. The van der Waals surface area contributed by atoms with Crippen molar-refractivity contribution in [1.29, 1.82) is 0 Å². The maximum absolute atomic E-state index is 13.1. The average Bonchev–Trinajstić information content (AvgIpc) is 2.72. The Morgan fingerprint density at radius 2 is 1.28 bits per heavy atom. The quantitative estimate of drug-likeness (QED) is 0.371. The molecule has 2 aromatic carbocycles. The van der Waals surface area contributed by atoms with E-state index in [1.165, 1.54) is 24.3 Å². The number of nitro groups is 1. The van der Waals surface area contributed by atoms with Crippen molar-refractivity contribution in [3.63, 3.8) is 0 Å². The summed E-state index contributed by atoms with van der Waals surface area (Å²) in [7, 11) is -4.63. The van der Waals surface area contributed by atoms with Gasteiger partial charge in [-0.25, -0.2) is 8.42 Å². The first-order valence-electron chi connectivity index (χ1n) is 8.98. The molecular formula is C18H15F6N3O4S.